The van der Waals surface area contributed by atoms with Crippen LogP contribution in [0.25, 0.3) is 10.2 Å². The zero-order valence-electron chi connectivity index (χ0n) is 18.0. The standard InChI is InChI=1S/C23H28N4O2S/c1-14-20-15(2)25-16(3)26-23(20)30-21(14)22(28)24-13-18(27-11-7-8-12-27)17-9-5-6-10-19(17)29-4/h5-6,9-10,18H,7-8,11-13H2,1-4H3,(H,24,28). The Labute approximate surface area is 181 Å². The maximum absolute atomic E-state index is 13.1. The molecule has 2 aromatic heterocycles. The molecule has 0 saturated carbocycles. The summed E-state index contributed by atoms with van der Waals surface area (Å²) in [7, 11) is 1.70. The monoisotopic (exact) mass is 424 g/mol. The number of thiophene rings is 1. The fourth-order valence-electron chi connectivity index (χ4n) is 4.39. The first-order chi connectivity index (χ1) is 14.5. The molecule has 3 aromatic rings. The van der Waals surface area contributed by atoms with Gasteiger partial charge in [0.2, 0.25) is 0 Å². The molecule has 6 nitrogen and oxygen atoms in total. The van der Waals surface area contributed by atoms with Gasteiger partial charge in [0, 0.05) is 23.2 Å². The molecule has 1 unspecified atom stereocenters. The van der Waals surface area contributed by atoms with Gasteiger partial charge in [-0.2, -0.15) is 0 Å². The third-order valence-electron chi connectivity index (χ3n) is 5.82. The summed E-state index contributed by atoms with van der Waals surface area (Å²) in [6.07, 6.45) is 2.37. The van der Waals surface area contributed by atoms with Crippen molar-refractivity contribution in [3.63, 3.8) is 0 Å². The van der Waals surface area contributed by atoms with Crippen LogP contribution >= 0.6 is 11.3 Å². The Hall–Kier alpha value is -2.51. The van der Waals surface area contributed by atoms with Gasteiger partial charge in [0.1, 0.15) is 16.4 Å². The Morgan fingerprint density at radius 2 is 1.93 bits per heavy atom. The van der Waals surface area contributed by atoms with Crippen LogP contribution in [-0.2, 0) is 0 Å². The van der Waals surface area contributed by atoms with Crippen molar-refractivity contribution in [1.82, 2.24) is 20.2 Å². The molecule has 0 radical (unpaired) electrons. The summed E-state index contributed by atoms with van der Waals surface area (Å²) in [5.41, 5.74) is 3.00. The van der Waals surface area contributed by atoms with E-state index >= 15 is 0 Å². The van der Waals surface area contributed by atoms with E-state index in [4.69, 9.17) is 4.74 Å². The van der Waals surface area contributed by atoms with Gasteiger partial charge in [-0.15, -0.1) is 11.3 Å². The van der Waals surface area contributed by atoms with E-state index in [1.807, 2.05) is 39.0 Å². The van der Waals surface area contributed by atoms with Crippen LogP contribution in [0, 0.1) is 20.8 Å². The van der Waals surface area contributed by atoms with Gasteiger partial charge in [-0.1, -0.05) is 18.2 Å². The second-order valence-electron chi connectivity index (χ2n) is 7.80. The summed E-state index contributed by atoms with van der Waals surface area (Å²) in [6.45, 7) is 8.45. The van der Waals surface area contributed by atoms with E-state index in [-0.39, 0.29) is 11.9 Å². The lowest BCUT2D eigenvalue weighted by Gasteiger charge is -2.29. The summed E-state index contributed by atoms with van der Waals surface area (Å²) >= 11 is 1.45. The molecule has 0 bridgehead atoms. The van der Waals surface area contributed by atoms with Gasteiger partial charge in [-0.05, 0) is 58.3 Å². The third kappa shape index (κ3) is 3.91. The molecule has 1 atom stereocenters. The highest BCUT2D eigenvalue weighted by Crippen LogP contribution is 2.33. The minimum absolute atomic E-state index is 0.0494. The van der Waals surface area contributed by atoms with Crippen LogP contribution in [0.4, 0.5) is 0 Å². The molecule has 0 aliphatic carbocycles. The fourth-order valence-corrected chi connectivity index (χ4v) is 5.58. The Morgan fingerprint density at radius 1 is 1.20 bits per heavy atom. The lowest BCUT2D eigenvalue weighted by atomic mass is 10.0. The van der Waals surface area contributed by atoms with E-state index in [1.165, 1.54) is 24.2 Å². The number of hydrogen-bond acceptors (Lipinski definition) is 6. The van der Waals surface area contributed by atoms with Crippen molar-refractivity contribution in [2.75, 3.05) is 26.7 Å². The highest BCUT2D eigenvalue weighted by molar-refractivity contribution is 7.20. The molecule has 1 aromatic carbocycles. The number of likely N-dealkylation sites (tertiary alicyclic amines) is 1. The van der Waals surface area contributed by atoms with Crippen LogP contribution < -0.4 is 10.1 Å². The predicted molar refractivity (Wildman–Crippen MR) is 121 cm³/mol. The largest absolute Gasteiger partial charge is 0.496 e. The molecule has 4 rings (SSSR count). The summed E-state index contributed by atoms with van der Waals surface area (Å²) < 4.78 is 5.61. The SMILES string of the molecule is COc1ccccc1C(CNC(=O)c1sc2nc(C)nc(C)c2c1C)N1CCCC1. The number of para-hydroxylation sites is 1. The van der Waals surface area contributed by atoms with Crippen LogP contribution in [-0.4, -0.2) is 47.5 Å². The molecular weight excluding hydrogens is 396 g/mol. The molecule has 1 fully saturated rings. The molecule has 0 spiro atoms. The Morgan fingerprint density at radius 3 is 2.67 bits per heavy atom. The van der Waals surface area contributed by atoms with Gasteiger partial charge >= 0.3 is 0 Å². The first-order valence-electron chi connectivity index (χ1n) is 10.4. The van der Waals surface area contributed by atoms with E-state index in [1.54, 1.807) is 7.11 Å². The summed E-state index contributed by atoms with van der Waals surface area (Å²) in [5, 5.41) is 4.18. The lowest BCUT2D eigenvalue weighted by molar-refractivity contribution is 0.0941. The number of nitrogens with zero attached hydrogens (tertiary/aromatic N) is 3. The summed E-state index contributed by atoms with van der Waals surface area (Å²) in [4.78, 5) is 26.2. The van der Waals surface area contributed by atoms with Crippen molar-refractivity contribution in [3.8, 4) is 5.75 Å². The maximum Gasteiger partial charge on any atom is 0.261 e. The van der Waals surface area contributed by atoms with Gasteiger partial charge in [-0.3, -0.25) is 9.69 Å². The van der Waals surface area contributed by atoms with E-state index in [0.29, 0.717) is 11.4 Å². The third-order valence-corrected chi connectivity index (χ3v) is 7.01. The number of hydrogen-bond donors (Lipinski definition) is 1. The zero-order chi connectivity index (χ0) is 21.3. The fraction of sp³-hybridized carbons (Fsp3) is 0.435. The smallest absolute Gasteiger partial charge is 0.261 e. The lowest BCUT2D eigenvalue weighted by Crippen LogP contribution is -2.37. The number of carbonyl (C=O) groups excluding carboxylic acids is 1. The number of benzene rings is 1. The molecule has 30 heavy (non-hydrogen) atoms. The Bertz CT molecular complexity index is 1070. The highest BCUT2D eigenvalue weighted by atomic mass is 32.1. The number of amides is 1. The first kappa shape index (κ1) is 20.8. The van der Waals surface area contributed by atoms with Gasteiger partial charge in [-0.25, -0.2) is 9.97 Å². The van der Waals surface area contributed by atoms with Gasteiger partial charge < -0.3 is 10.1 Å². The van der Waals surface area contributed by atoms with Crippen molar-refractivity contribution in [3.05, 3.63) is 51.8 Å². The minimum atomic E-state index is -0.0494. The Kier molecular flexibility index (Phi) is 6.01. The van der Waals surface area contributed by atoms with Gasteiger partial charge in [0.25, 0.3) is 5.91 Å². The van der Waals surface area contributed by atoms with E-state index in [0.717, 1.165) is 51.7 Å². The molecule has 1 aliphatic heterocycles. The number of aromatic nitrogens is 2. The second kappa shape index (κ2) is 8.70. The number of aryl methyl sites for hydroxylation is 3. The normalized spacial score (nSPS) is 15.5. The number of carbonyl (C=O) groups is 1. The van der Waals surface area contributed by atoms with Crippen molar-refractivity contribution < 1.29 is 9.53 Å². The molecule has 7 heteroatoms. The molecule has 158 valence electrons. The maximum atomic E-state index is 13.1. The van der Waals surface area contributed by atoms with Crippen molar-refractivity contribution in [1.29, 1.82) is 0 Å². The molecular formula is C23H28N4O2S. The molecule has 1 saturated heterocycles. The number of fused-ring (bicyclic) bond motifs is 1. The number of methoxy groups -OCH3 is 1. The van der Waals surface area contributed by atoms with Crippen LogP contribution in [0.15, 0.2) is 24.3 Å². The summed E-state index contributed by atoms with van der Waals surface area (Å²) in [6, 6.07) is 8.18. The summed E-state index contributed by atoms with van der Waals surface area (Å²) in [5.74, 6) is 1.55. The van der Waals surface area contributed by atoms with Crippen molar-refractivity contribution >= 4 is 27.5 Å². The average molecular weight is 425 g/mol. The minimum Gasteiger partial charge on any atom is -0.496 e. The van der Waals surface area contributed by atoms with Crippen LogP contribution in [0.3, 0.4) is 0 Å². The highest BCUT2D eigenvalue weighted by Gasteiger charge is 2.27. The van der Waals surface area contributed by atoms with Gasteiger partial charge in [0.15, 0.2) is 0 Å². The molecule has 1 aliphatic rings. The number of rotatable bonds is 6. The zero-order valence-corrected chi connectivity index (χ0v) is 18.8. The number of ether oxygens (including phenoxy) is 1. The van der Waals surface area contributed by atoms with Crippen molar-refractivity contribution in [2.24, 2.45) is 0 Å². The van der Waals surface area contributed by atoms with Gasteiger partial charge in [0.05, 0.1) is 18.0 Å². The van der Waals surface area contributed by atoms with Crippen LogP contribution in [0.5, 0.6) is 5.75 Å². The number of nitrogens with one attached hydrogen (secondary N) is 1. The van der Waals surface area contributed by atoms with Crippen molar-refractivity contribution in [2.45, 2.75) is 39.7 Å². The average Bonchev–Trinajstić information content (AvgIpc) is 3.36. The van der Waals surface area contributed by atoms with Crippen LogP contribution in [0.1, 0.15) is 51.2 Å². The molecule has 1 N–H and O–H groups in total. The second-order valence-corrected chi connectivity index (χ2v) is 8.80. The van der Waals surface area contributed by atoms with E-state index < -0.39 is 0 Å². The molecule has 3 heterocycles. The van der Waals surface area contributed by atoms with E-state index in [2.05, 4.69) is 26.3 Å². The van der Waals surface area contributed by atoms with Crippen LogP contribution in [0.2, 0.25) is 0 Å². The Balaban J connectivity index is 1.59. The first-order valence-corrected chi connectivity index (χ1v) is 11.2. The predicted octanol–water partition coefficient (Wildman–Crippen LogP) is 4.19. The molecule has 1 amide bonds. The quantitative estimate of drug-likeness (QED) is 0.643. The van der Waals surface area contributed by atoms with E-state index in [9.17, 15) is 4.79 Å². The topological polar surface area (TPSA) is 67.3 Å².